The zero-order valence-corrected chi connectivity index (χ0v) is 24.4. The number of carbonyl (C=O) groups is 1. The van der Waals surface area contributed by atoms with Gasteiger partial charge in [-0.3, -0.25) is 4.79 Å². The van der Waals surface area contributed by atoms with Crippen molar-refractivity contribution in [1.82, 2.24) is 0 Å². The van der Waals surface area contributed by atoms with Gasteiger partial charge in [0, 0.05) is 17.2 Å². The molecule has 3 N–H and O–H groups in total. The van der Waals surface area contributed by atoms with E-state index in [9.17, 15) is 19.4 Å². The van der Waals surface area contributed by atoms with Crippen LogP contribution in [-0.4, -0.2) is 22.2 Å². The number of phenols is 2. The lowest BCUT2D eigenvalue weighted by Gasteiger charge is -2.23. The van der Waals surface area contributed by atoms with Crippen LogP contribution in [-0.2, 0) is 10.2 Å². The Hall–Kier alpha value is -2.47. The van der Waals surface area contributed by atoms with Gasteiger partial charge in [0.05, 0.1) is 10.7 Å². The highest BCUT2D eigenvalue weighted by atomic mass is 35.5. The number of carbonyl (C=O) groups excluding carboxylic acids is 1. The van der Waals surface area contributed by atoms with Crippen LogP contribution in [0.15, 0.2) is 24.3 Å². The normalized spacial score (nSPS) is 12.4. The van der Waals surface area contributed by atoms with Crippen molar-refractivity contribution in [2.75, 3.05) is 5.32 Å². The molecular formula is C31H45ClFNO4. The number of unbranched alkanes of at least 4 members (excludes halogenated alkanes) is 9. The quantitative estimate of drug-likeness (QED) is 0.153. The summed E-state index contributed by atoms with van der Waals surface area (Å²) in [6.07, 6.45) is 11.3. The van der Waals surface area contributed by atoms with E-state index in [4.69, 9.17) is 16.3 Å². The van der Waals surface area contributed by atoms with Crippen molar-refractivity contribution in [2.45, 2.75) is 117 Å². The number of ether oxygens (including phenoxy) is 1. The molecule has 0 radical (unpaired) electrons. The van der Waals surface area contributed by atoms with Crippen molar-refractivity contribution >= 4 is 23.2 Å². The molecule has 0 fully saturated rings. The predicted molar refractivity (Wildman–Crippen MR) is 154 cm³/mol. The molecule has 0 aliphatic carbocycles. The van der Waals surface area contributed by atoms with Crippen LogP contribution in [0, 0.1) is 12.7 Å². The molecule has 1 amide bonds. The van der Waals surface area contributed by atoms with Crippen LogP contribution < -0.4 is 10.1 Å². The Balaban J connectivity index is 2.08. The van der Waals surface area contributed by atoms with Gasteiger partial charge in [0.25, 0.3) is 5.91 Å². The second kappa shape index (κ2) is 15.2. The first-order chi connectivity index (χ1) is 18.0. The van der Waals surface area contributed by atoms with E-state index in [2.05, 4.69) is 12.2 Å². The van der Waals surface area contributed by atoms with Crippen LogP contribution in [0.1, 0.15) is 109 Å². The monoisotopic (exact) mass is 549 g/mol. The summed E-state index contributed by atoms with van der Waals surface area (Å²) in [7, 11) is 0. The molecule has 0 bridgehead atoms. The highest BCUT2D eigenvalue weighted by Crippen LogP contribution is 2.37. The topological polar surface area (TPSA) is 78.8 Å². The molecule has 7 heteroatoms. The molecular weight excluding hydrogens is 505 g/mol. The van der Waals surface area contributed by atoms with Gasteiger partial charge >= 0.3 is 0 Å². The number of benzene rings is 2. The van der Waals surface area contributed by atoms with Gasteiger partial charge < -0.3 is 20.3 Å². The van der Waals surface area contributed by atoms with Crippen molar-refractivity contribution in [3.05, 3.63) is 46.2 Å². The Labute approximate surface area is 232 Å². The van der Waals surface area contributed by atoms with E-state index < -0.39 is 17.8 Å². The third-order valence-corrected chi connectivity index (χ3v) is 7.31. The summed E-state index contributed by atoms with van der Waals surface area (Å²) in [5.74, 6) is -0.881. The Bertz CT molecular complexity index is 1050. The smallest absolute Gasteiger partial charge is 0.265 e. The van der Waals surface area contributed by atoms with Crippen LogP contribution >= 0.6 is 11.6 Å². The maximum atomic E-state index is 14.2. The minimum absolute atomic E-state index is 0.0964. The number of anilines is 1. The number of amides is 1. The Kier molecular flexibility index (Phi) is 12.7. The van der Waals surface area contributed by atoms with Crippen molar-refractivity contribution in [1.29, 1.82) is 0 Å². The molecule has 38 heavy (non-hydrogen) atoms. The molecule has 1 atom stereocenters. The second-order valence-electron chi connectivity index (χ2n) is 11.2. The first-order valence-electron chi connectivity index (χ1n) is 13.9. The minimum Gasteiger partial charge on any atom is -0.508 e. The molecule has 0 aliphatic rings. The largest absolute Gasteiger partial charge is 0.508 e. The molecule has 0 saturated carbocycles. The highest BCUT2D eigenvalue weighted by Gasteiger charge is 2.25. The van der Waals surface area contributed by atoms with Crippen molar-refractivity contribution < 1.29 is 24.1 Å². The number of aromatic hydroxyl groups is 2. The fourth-order valence-electron chi connectivity index (χ4n) is 4.43. The maximum absolute atomic E-state index is 14.2. The van der Waals surface area contributed by atoms with E-state index in [0.717, 1.165) is 25.3 Å². The Morgan fingerprint density at radius 2 is 1.58 bits per heavy atom. The third kappa shape index (κ3) is 9.68. The van der Waals surface area contributed by atoms with E-state index >= 15 is 0 Å². The fourth-order valence-corrected chi connectivity index (χ4v) is 4.62. The molecule has 0 aromatic heterocycles. The lowest BCUT2D eigenvalue weighted by atomic mass is 9.86. The third-order valence-electron chi connectivity index (χ3n) is 6.85. The molecule has 1 unspecified atom stereocenters. The van der Waals surface area contributed by atoms with Gasteiger partial charge in [-0.05, 0) is 43.4 Å². The number of halogens is 2. The first kappa shape index (κ1) is 31.7. The minimum atomic E-state index is -0.871. The number of rotatable bonds is 15. The molecule has 0 spiro atoms. The number of hydrogen-bond donors (Lipinski definition) is 3. The first-order valence-corrected chi connectivity index (χ1v) is 14.3. The number of nitrogens with one attached hydrogen (secondary N) is 1. The summed E-state index contributed by atoms with van der Waals surface area (Å²) < 4.78 is 20.4. The van der Waals surface area contributed by atoms with E-state index in [0.29, 0.717) is 17.7 Å². The standard InChI is InChI=1S/C31H45ClFNO4/c1-6-7-8-9-10-11-12-13-14-15-16-27(38-22-17-18-26(35)23(19-22)31(3,4)5)30(37)34-25-20-24(33)21(2)28(32)29(25)36/h17-20,27,35-36H,6-16H2,1-5H3,(H,34,37). The SMILES string of the molecule is CCCCCCCCCCCCC(Oc1ccc(O)c(C(C)(C)C)c1)C(=O)Nc1cc(F)c(C)c(Cl)c1O. The molecule has 0 aliphatic heterocycles. The van der Waals surface area contributed by atoms with Crippen LogP contribution in [0.4, 0.5) is 10.1 Å². The zero-order chi connectivity index (χ0) is 28.3. The van der Waals surface area contributed by atoms with Gasteiger partial charge in [0.2, 0.25) is 0 Å². The highest BCUT2D eigenvalue weighted by molar-refractivity contribution is 6.33. The molecule has 5 nitrogen and oxygen atoms in total. The van der Waals surface area contributed by atoms with Crippen molar-refractivity contribution in [2.24, 2.45) is 0 Å². The maximum Gasteiger partial charge on any atom is 0.265 e. The summed E-state index contributed by atoms with van der Waals surface area (Å²) >= 11 is 6.04. The number of phenolic OH excluding ortho intramolecular Hbond substituents is 2. The van der Waals surface area contributed by atoms with Gasteiger partial charge in [0.15, 0.2) is 11.9 Å². The summed E-state index contributed by atoms with van der Waals surface area (Å²) in [5, 5.41) is 23.1. The van der Waals surface area contributed by atoms with Crippen LogP contribution in [0.5, 0.6) is 17.2 Å². The van der Waals surface area contributed by atoms with Gasteiger partial charge in [-0.1, -0.05) is 97.1 Å². The molecule has 0 heterocycles. The van der Waals surface area contributed by atoms with Crippen LogP contribution in [0.25, 0.3) is 0 Å². The van der Waals surface area contributed by atoms with Crippen LogP contribution in [0.3, 0.4) is 0 Å². The summed E-state index contributed by atoms with van der Waals surface area (Å²) in [4.78, 5) is 13.3. The summed E-state index contributed by atoms with van der Waals surface area (Å²) in [5.41, 5.74) is 0.401. The van der Waals surface area contributed by atoms with Crippen LogP contribution in [0.2, 0.25) is 5.02 Å². The van der Waals surface area contributed by atoms with E-state index in [1.54, 1.807) is 18.2 Å². The van der Waals surface area contributed by atoms with E-state index in [1.807, 2.05) is 20.8 Å². The van der Waals surface area contributed by atoms with Gasteiger partial charge in [-0.2, -0.15) is 0 Å². The van der Waals surface area contributed by atoms with Gasteiger partial charge in [-0.25, -0.2) is 4.39 Å². The fraction of sp³-hybridized carbons (Fsp3) is 0.581. The average Bonchev–Trinajstić information content (AvgIpc) is 2.86. The van der Waals surface area contributed by atoms with E-state index in [-0.39, 0.29) is 33.2 Å². The molecule has 2 aromatic carbocycles. The average molecular weight is 550 g/mol. The Morgan fingerprint density at radius 1 is 1.00 bits per heavy atom. The lowest BCUT2D eigenvalue weighted by Crippen LogP contribution is -2.33. The summed E-state index contributed by atoms with van der Waals surface area (Å²) in [6, 6.07) is 5.99. The summed E-state index contributed by atoms with van der Waals surface area (Å²) in [6.45, 7) is 9.63. The second-order valence-corrected chi connectivity index (χ2v) is 11.6. The van der Waals surface area contributed by atoms with Gasteiger partial charge in [0.1, 0.15) is 17.3 Å². The lowest BCUT2D eigenvalue weighted by molar-refractivity contribution is -0.123. The van der Waals surface area contributed by atoms with Crippen molar-refractivity contribution in [3.8, 4) is 17.2 Å². The molecule has 2 rings (SSSR count). The molecule has 212 valence electrons. The molecule has 2 aromatic rings. The van der Waals surface area contributed by atoms with E-state index in [1.165, 1.54) is 51.9 Å². The van der Waals surface area contributed by atoms with Crippen molar-refractivity contribution in [3.63, 3.8) is 0 Å². The molecule has 0 saturated heterocycles. The van der Waals surface area contributed by atoms with Gasteiger partial charge in [-0.15, -0.1) is 0 Å². The zero-order valence-electron chi connectivity index (χ0n) is 23.6. The predicted octanol–water partition coefficient (Wildman–Crippen LogP) is 9.19. The number of hydrogen-bond acceptors (Lipinski definition) is 4. The Morgan fingerprint density at radius 3 is 2.16 bits per heavy atom.